The van der Waals surface area contributed by atoms with Crippen molar-refractivity contribution in [2.24, 2.45) is 0 Å². The van der Waals surface area contributed by atoms with Crippen LogP contribution in [0.2, 0.25) is 0 Å². The van der Waals surface area contributed by atoms with Gasteiger partial charge in [0.2, 0.25) is 0 Å². The van der Waals surface area contributed by atoms with Crippen molar-refractivity contribution >= 4 is 26.6 Å². The fourth-order valence-electron chi connectivity index (χ4n) is 1.99. The van der Waals surface area contributed by atoms with E-state index in [9.17, 15) is 16.8 Å². The Labute approximate surface area is 120 Å². The molecule has 1 N–H and O–H groups in total. The summed E-state index contributed by atoms with van der Waals surface area (Å²) in [6, 6.07) is 8.66. The third-order valence-electron chi connectivity index (χ3n) is 3.01. The van der Waals surface area contributed by atoms with Gasteiger partial charge in [0.1, 0.15) is 0 Å². The Kier molecular flexibility index (Phi) is 4.97. The lowest BCUT2D eigenvalue weighted by molar-refractivity contribution is 0.213. The summed E-state index contributed by atoms with van der Waals surface area (Å²) in [6.45, 7) is 1.40. The molecule has 0 amide bonds. The molecule has 0 radical (unpaired) electrons. The van der Waals surface area contributed by atoms with Gasteiger partial charge < -0.3 is 0 Å². The molecule has 0 bridgehead atoms. The van der Waals surface area contributed by atoms with Crippen LogP contribution in [-0.4, -0.2) is 58.1 Å². The molecule has 0 aromatic heterocycles. The highest BCUT2D eigenvalue weighted by Gasteiger charge is 2.26. The predicted octanol–water partition coefficient (Wildman–Crippen LogP) is -0.470. The number of anilines is 1. The van der Waals surface area contributed by atoms with Crippen molar-refractivity contribution in [3.05, 3.63) is 30.3 Å². The van der Waals surface area contributed by atoms with Gasteiger partial charge in [-0.15, -0.1) is 0 Å². The molecule has 1 aliphatic heterocycles. The molecule has 20 heavy (non-hydrogen) atoms. The van der Waals surface area contributed by atoms with Gasteiger partial charge in [0.05, 0.1) is 5.88 Å². The minimum atomic E-state index is -3.58. The van der Waals surface area contributed by atoms with Crippen LogP contribution in [0.3, 0.4) is 0 Å². The molecule has 7 nitrogen and oxygen atoms in total. The summed E-state index contributed by atoms with van der Waals surface area (Å²) in [5, 5.41) is 0. The Morgan fingerprint density at radius 1 is 1.05 bits per heavy atom. The van der Waals surface area contributed by atoms with Crippen LogP contribution in [0.25, 0.3) is 0 Å². The van der Waals surface area contributed by atoms with E-state index in [0.717, 1.165) is 0 Å². The first kappa shape index (κ1) is 15.2. The number of nitrogens with one attached hydrogen (secondary N) is 1. The van der Waals surface area contributed by atoms with E-state index < -0.39 is 20.9 Å². The van der Waals surface area contributed by atoms with Gasteiger partial charge in [0.15, 0.2) is 10.7 Å². The smallest absolute Gasteiger partial charge is 0.287 e. The van der Waals surface area contributed by atoms with Crippen LogP contribution in [0, 0.1) is 0 Å². The Balaban J connectivity index is 1.95. The second-order valence-electron chi connectivity index (χ2n) is 4.46. The number of benzene rings is 1. The minimum Gasteiger partial charge on any atom is -0.287 e. The van der Waals surface area contributed by atoms with Crippen molar-refractivity contribution in [2.45, 2.75) is 0 Å². The van der Waals surface area contributed by atoms with Crippen molar-refractivity contribution in [2.75, 3.05) is 36.8 Å². The topological polar surface area (TPSA) is 86.8 Å². The number of para-hydroxylation sites is 1. The molecule has 0 unspecified atom stereocenters. The fourth-order valence-corrected chi connectivity index (χ4v) is 3.81. The van der Waals surface area contributed by atoms with Crippen LogP contribution in [0.1, 0.15) is 0 Å². The third kappa shape index (κ3) is 4.17. The van der Waals surface area contributed by atoms with Crippen molar-refractivity contribution < 1.29 is 16.8 Å². The molecule has 9 heteroatoms. The lowest BCUT2D eigenvalue weighted by atomic mass is 10.3. The van der Waals surface area contributed by atoms with E-state index in [1.165, 1.54) is 4.31 Å². The quantitative estimate of drug-likeness (QED) is 0.717. The predicted molar refractivity (Wildman–Crippen MR) is 77.3 cm³/mol. The highest BCUT2D eigenvalue weighted by molar-refractivity contribution is 7.90. The molecule has 1 fully saturated rings. The van der Waals surface area contributed by atoms with Gasteiger partial charge in [-0.25, -0.2) is 8.42 Å². The highest BCUT2D eigenvalue weighted by atomic mass is 32.2. The van der Waals surface area contributed by atoms with Crippen molar-refractivity contribution in [1.82, 2.24) is 9.21 Å². The SMILES string of the molecule is O=[SH](=O)CN1CCN(S(=O)(=O)Nc2ccccc2)CC1. The van der Waals surface area contributed by atoms with Gasteiger partial charge in [-0.3, -0.25) is 9.62 Å². The lowest BCUT2D eigenvalue weighted by Crippen LogP contribution is -2.50. The van der Waals surface area contributed by atoms with Crippen molar-refractivity contribution in [1.29, 1.82) is 0 Å². The highest BCUT2D eigenvalue weighted by Crippen LogP contribution is 2.13. The standard InChI is InChI=1S/C11H17N3O4S2/c15-19(16)10-13-6-8-14(9-7-13)20(17,18)12-11-4-2-1-3-5-11/h1-5,12,19H,6-10H2. The Hall–Kier alpha value is -1.16. The zero-order valence-corrected chi connectivity index (χ0v) is 12.5. The first-order valence-electron chi connectivity index (χ1n) is 6.14. The second-order valence-corrected chi connectivity index (χ2v) is 7.08. The monoisotopic (exact) mass is 319 g/mol. The number of hydrogen-bond donors (Lipinski definition) is 2. The fraction of sp³-hybridized carbons (Fsp3) is 0.455. The summed E-state index contributed by atoms with van der Waals surface area (Å²) in [6.07, 6.45) is 0. The van der Waals surface area contributed by atoms with Crippen LogP contribution in [-0.2, 0) is 20.9 Å². The molecule has 1 heterocycles. The van der Waals surface area contributed by atoms with Gasteiger partial charge in [0, 0.05) is 31.9 Å². The second kappa shape index (κ2) is 6.53. The molecule has 1 aliphatic rings. The molecular formula is C11H17N3O4S2. The summed E-state index contributed by atoms with van der Waals surface area (Å²) in [5.74, 6) is -0.0185. The van der Waals surface area contributed by atoms with Gasteiger partial charge in [-0.1, -0.05) is 18.2 Å². The van der Waals surface area contributed by atoms with E-state index in [2.05, 4.69) is 4.72 Å². The average molecular weight is 319 g/mol. The van der Waals surface area contributed by atoms with Crippen LogP contribution in [0.15, 0.2) is 30.3 Å². The van der Waals surface area contributed by atoms with Gasteiger partial charge in [-0.05, 0) is 12.1 Å². The third-order valence-corrected chi connectivity index (χ3v) is 5.18. The normalized spacial score (nSPS) is 18.2. The van der Waals surface area contributed by atoms with Gasteiger partial charge in [-0.2, -0.15) is 12.7 Å². The van der Waals surface area contributed by atoms with Crippen LogP contribution in [0.5, 0.6) is 0 Å². The van der Waals surface area contributed by atoms with E-state index in [4.69, 9.17) is 0 Å². The Morgan fingerprint density at radius 2 is 1.65 bits per heavy atom. The number of piperazine rings is 1. The molecule has 112 valence electrons. The minimum absolute atomic E-state index is 0.0185. The van der Waals surface area contributed by atoms with E-state index in [0.29, 0.717) is 18.8 Å². The number of nitrogens with zero attached hydrogens (tertiary/aromatic N) is 2. The van der Waals surface area contributed by atoms with Crippen molar-refractivity contribution in [3.8, 4) is 0 Å². The molecule has 1 saturated heterocycles. The average Bonchev–Trinajstić information content (AvgIpc) is 2.39. The van der Waals surface area contributed by atoms with Crippen molar-refractivity contribution in [3.63, 3.8) is 0 Å². The number of hydrogen-bond acceptors (Lipinski definition) is 5. The first-order valence-corrected chi connectivity index (χ1v) is 8.95. The van der Waals surface area contributed by atoms with E-state index in [1.807, 2.05) is 0 Å². The van der Waals surface area contributed by atoms with Crippen LogP contribution in [0.4, 0.5) is 5.69 Å². The van der Waals surface area contributed by atoms with E-state index in [1.54, 1.807) is 35.2 Å². The summed E-state index contributed by atoms with van der Waals surface area (Å²) < 4.78 is 49.4. The van der Waals surface area contributed by atoms with Crippen LogP contribution < -0.4 is 4.72 Å². The van der Waals surface area contributed by atoms with Crippen LogP contribution >= 0.6 is 0 Å². The maximum atomic E-state index is 12.2. The molecule has 0 aliphatic carbocycles. The molecule has 0 spiro atoms. The lowest BCUT2D eigenvalue weighted by Gasteiger charge is -2.32. The molecular weight excluding hydrogens is 302 g/mol. The zero-order chi connectivity index (χ0) is 14.6. The maximum absolute atomic E-state index is 12.2. The maximum Gasteiger partial charge on any atom is 0.301 e. The Morgan fingerprint density at radius 3 is 2.20 bits per heavy atom. The Bertz CT molecular complexity index is 600. The van der Waals surface area contributed by atoms with Gasteiger partial charge in [0.25, 0.3) is 0 Å². The molecule has 1 aromatic rings. The summed E-state index contributed by atoms with van der Waals surface area (Å²) in [5.41, 5.74) is 0.512. The number of thiol groups is 1. The summed E-state index contributed by atoms with van der Waals surface area (Å²) in [4.78, 5) is 1.72. The summed E-state index contributed by atoms with van der Waals surface area (Å²) in [7, 11) is -6.05. The molecule has 0 saturated carbocycles. The number of rotatable bonds is 5. The molecule has 1 aromatic carbocycles. The summed E-state index contributed by atoms with van der Waals surface area (Å²) >= 11 is 0. The molecule has 0 atom stereocenters. The first-order chi connectivity index (χ1) is 9.47. The largest absolute Gasteiger partial charge is 0.301 e. The van der Waals surface area contributed by atoms with Gasteiger partial charge >= 0.3 is 10.2 Å². The van der Waals surface area contributed by atoms with E-state index >= 15 is 0 Å². The van der Waals surface area contributed by atoms with E-state index in [-0.39, 0.29) is 19.0 Å². The zero-order valence-electron chi connectivity index (χ0n) is 10.8. The molecule has 2 rings (SSSR count).